The van der Waals surface area contributed by atoms with E-state index >= 15 is 0 Å². The topological polar surface area (TPSA) is 55.6 Å². The van der Waals surface area contributed by atoms with Crippen LogP contribution in [0.3, 0.4) is 0 Å². The lowest BCUT2D eigenvalue weighted by Crippen LogP contribution is -2.21. The molecule has 0 atom stereocenters. The normalized spacial score (nSPS) is 11.7. The van der Waals surface area contributed by atoms with E-state index in [1.54, 1.807) is 0 Å². The highest BCUT2D eigenvalue weighted by Gasteiger charge is 2.31. The van der Waals surface area contributed by atoms with Gasteiger partial charge in [0.1, 0.15) is 12.4 Å². The summed E-state index contributed by atoms with van der Waals surface area (Å²) in [5, 5.41) is 0. The number of alkyl halides is 3. The molecule has 0 aliphatic heterocycles. The van der Waals surface area contributed by atoms with Gasteiger partial charge in [-0.1, -0.05) is 0 Å². The fraction of sp³-hybridized carbons (Fsp3) is 0.417. The number of likely N-dealkylation sites (N-methyl/N-ethyl adjacent to an activating group) is 1. The van der Waals surface area contributed by atoms with Gasteiger partial charge in [0.15, 0.2) is 0 Å². The SMILES string of the molecule is CN(C)CCOc1ccc(C(F)(F)F)cc1C(N)=O. The number of carbonyl (C=O) groups is 1. The van der Waals surface area contributed by atoms with Crippen LogP contribution in [-0.4, -0.2) is 38.1 Å². The summed E-state index contributed by atoms with van der Waals surface area (Å²) in [6, 6.07) is 2.67. The van der Waals surface area contributed by atoms with Gasteiger partial charge >= 0.3 is 6.18 Å². The number of nitrogens with two attached hydrogens (primary N) is 1. The second-order valence-electron chi connectivity index (χ2n) is 4.22. The van der Waals surface area contributed by atoms with Gasteiger partial charge in [0.25, 0.3) is 5.91 Å². The lowest BCUT2D eigenvalue weighted by atomic mass is 10.1. The zero-order valence-corrected chi connectivity index (χ0v) is 10.6. The molecule has 106 valence electrons. The Morgan fingerprint density at radius 3 is 2.47 bits per heavy atom. The molecule has 1 amide bonds. The molecular formula is C12H15F3N2O2. The first-order chi connectivity index (χ1) is 8.71. The van der Waals surface area contributed by atoms with E-state index in [2.05, 4.69) is 0 Å². The molecule has 1 aromatic rings. The number of nitrogens with zero attached hydrogens (tertiary/aromatic N) is 1. The molecule has 0 aromatic heterocycles. The number of rotatable bonds is 5. The third-order valence-electron chi connectivity index (χ3n) is 2.37. The fourth-order valence-electron chi connectivity index (χ4n) is 1.36. The highest BCUT2D eigenvalue weighted by atomic mass is 19.4. The van der Waals surface area contributed by atoms with E-state index in [-0.39, 0.29) is 17.9 Å². The molecule has 19 heavy (non-hydrogen) atoms. The predicted octanol–water partition coefficient (Wildman–Crippen LogP) is 1.74. The number of amides is 1. The summed E-state index contributed by atoms with van der Waals surface area (Å²) in [5.41, 5.74) is 3.86. The van der Waals surface area contributed by atoms with E-state index in [1.165, 1.54) is 0 Å². The van der Waals surface area contributed by atoms with Crippen LogP contribution >= 0.6 is 0 Å². The van der Waals surface area contributed by atoms with Crippen LogP contribution in [0.25, 0.3) is 0 Å². The molecule has 0 radical (unpaired) electrons. The summed E-state index contributed by atoms with van der Waals surface area (Å²) >= 11 is 0. The molecule has 1 rings (SSSR count). The zero-order chi connectivity index (χ0) is 14.6. The minimum atomic E-state index is -4.52. The maximum absolute atomic E-state index is 12.5. The maximum atomic E-state index is 12.5. The third-order valence-corrected chi connectivity index (χ3v) is 2.37. The van der Waals surface area contributed by atoms with Crippen molar-refractivity contribution in [2.24, 2.45) is 5.73 Å². The second-order valence-corrected chi connectivity index (χ2v) is 4.22. The molecule has 0 bridgehead atoms. The Kier molecular flexibility index (Phi) is 4.77. The molecular weight excluding hydrogens is 261 g/mol. The molecule has 0 aliphatic carbocycles. The molecule has 0 saturated heterocycles. The van der Waals surface area contributed by atoms with Gasteiger partial charge in [0.2, 0.25) is 0 Å². The third kappa shape index (κ3) is 4.44. The fourth-order valence-corrected chi connectivity index (χ4v) is 1.36. The molecule has 0 fully saturated rings. The molecule has 0 saturated carbocycles. The van der Waals surface area contributed by atoms with Crippen LogP contribution in [0.15, 0.2) is 18.2 Å². The Balaban J connectivity index is 2.96. The van der Waals surface area contributed by atoms with Crippen molar-refractivity contribution in [2.45, 2.75) is 6.18 Å². The van der Waals surface area contributed by atoms with Crippen LogP contribution in [0, 0.1) is 0 Å². The first kappa shape index (κ1) is 15.3. The average Bonchev–Trinajstić information content (AvgIpc) is 2.27. The summed E-state index contributed by atoms with van der Waals surface area (Å²) in [6.45, 7) is 0.817. The van der Waals surface area contributed by atoms with Gasteiger partial charge in [-0.25, -0.2) is 0 Å². The Labute approximate surface area is 108 Å². The van der Waals surface area contributed by atoms with Gasteiger partial charge < -0.3 is 15.4 Å². The smallest absolute Gasteiger partial charge is 0.416 e. The first-order valence-electron chi connectivity index (χ1n) is 5.50. The lowest BCUT2D eigenvalue weighted by molar-refractivity contribution is -0.137. The van der Waals surface area contributed by atoms with Crippen molar-refractivity contribution in [1.82, 2.24) is 4.90 Å². The second kappa shape index (κ2) is 5.92. The minimum absolute atomic E-state index is 0.0577. The average molecular weight is 276 g/mol. The summed E-state index contributed by atoms with van der Waals surface area (Å²) in [7, 11) is 3.65. The number of ether oxygens (including phenoxy) is 1. The molecule has 1 aromatic carbocycles. The quantitative estimate of drug-likeness (QED) is 0.891. The summed E-state index contributed by atoms with van der Waals surface area (Å²) in [4.78, 5) is 13.0. The lowest BCUT2D eigenvalue weighted by Gasteiger charge is -2.14. The van der Waals surface area contributed by atoms with Crippen molar-refractivity contribution in [3.05, 3.63) is 29.3 Å². The molecule has 2 N–H and O–H groups in total. The van der Waals surface area contributed by atoms with Crippen LogP contribution < -0.4 is 10.5 Å². The van der Waals surface area contributed by atoms with Gasteiger partial charge in [-0.15, -0.1) is 0 Å². The van der Waals surface area contributed by atoms with Gasteiger partial charge in [-0.05, 0) is 32.3 Å². The number of primary amides is 1. The number of hydrogen-bond donors (Lipinski definition) is 1. The van der Waals surface area contributed by atoms with Crippen molar-refractivity contribution in [1.29, 1.82) is 0 Å². The molecule has 0 aliphatic rings. The van der Waals surface area contributed by atoms with Gasteiger partial charge in [0, 0.05) is 6.54 Å². The molecule has 4 nitrogen and oxygen atoms in total. The predicted molar refractivity (Wildman–Crippen MR) is 64.0 cm³/mol. The molecule has 0 unspecified atom stereocenters. The summed E-state index contributed by atoms with van der Waals surface area (Å²) < 4.78 is 42.8. The van der Waals surface area contributed by atoms with Crippen molar-refractivity contribution >= 4 is 5.91 Å². The van der Waals surface area contributed by atoms with E-state index in [0.29, 0.717) is 12.6 Å². The van der Waals surface area contributed by atoms with Crippen LogP contribution in [0.5, 0.6) is 5.75 Å². The Morgan fingerprint density at radius 1 is 1.37 bits per heavy atom. The Bertz CT molecular complexity index is 459. The maximum Gasteiger partial charge on any atom is 0.416 e. The van der Waals surface area contributed by atoms with Gasteiger partial charge in [0.05, 0.1) is 11.1 Å². The zero-order valence-electron chi connectivity index (χ0n) is 10.6. The first-order valence-corrected chi connectivity index (χ1v) is 5.50. The van der Waals surface area contributed by atoms with Crippen LogP contribution in [0.4, 0.5) is 13.2 Å². The Hall–Kier alpha value is -1.76. The molecule has 7 heteroatoms. The van der Waals surface area contributed by atoms with Crippen molar-refractivity contribution in [3.8, 4) is 5.75 Å². The van der Waals surface area contributed by atoms with Crippen LogP contribution in [0.2, 0.25) is 0 Å². The van der Waals surface area contributed by atoms with Crippen molar-refractivity contribution in [3.63, 3.8) is 0 Å². The van der Waals surface area contributed by atoms with E-state index in [4.69, 9.17) is 10.5 Å². The van der Waals surface area contributed by atoms with E-state index in [1.807, 2.05) is 19.0 Å². The number of carbonyl (C=O) groups excluding carboxylic acids is 1. The van der Waals surface area contributed by atoms with Crippen LogP contribution in [-0.2, 0) is 6.18 Å². The van der Waals surface area contributed by atoms with E-state index in [9.17, 15) is 18.0 Å². The highest BCUT2D eigenvalue weighted by Crippen LogP contribution is 2.32. The highest BCUT2D eigenvalue weighted by molar-refractivity contribution is 5.95. The molecule has 0 heterocycles. The number of benzene rings is 1. The standard InChI is InChI=1S/C12H15F3N2O2/c1-17(2)5-6-19-10-4-3-8(12(13,14)15)7-9(10)11(16)18/h3-4,7H,5-6H2,1-2H3,(H2,16,18). The summed E-state index contributed by atoms with van der Waals surface area (Å²) in [5.74, 6) is -0.895. The molecule has 0 spiro atoms. The minimum Gasteiger partial charge on any atom is -0.491 e. The van der Waals surface area contributed by atoms with Crippen LogP contribution in [0.1, 0.15) is 15.9 Å². The number of halogens is 3. The Morgan fingerprint density at radius 2 is 2.00 bits per heavy atom. The number of hydrogen-bond acceptors (Lipinski definition) is 3. The van der Waals surface area contributed by atoms with E-state index in [0.717, 1.165) is 12.1 Å². The summed E-state index contributed by atoms with van der Waals surface area (Å²) in [6.07, 6.45) is -4.52. The largest absolute Gasteiger partial charge is 0.491 e. The van der Waals surface area contributed by atoms with Crippen molar-refractivity contribution in [2.75, 3.05) is 27.2 Å². The van der Waals surface area contributed by atoms with E-state index < -0.39 is 17.6 Å². The van der Waals surface area contributed by atoms with Gasteiger partial charge in [-0.2, -0.15) is 13.2 Å². The monoisotopic (exact) mass is 276 g/mol. The van der Waals surface area contributed by atoms with Gasteiger partial charge in [-0.3, -0.25) is 4.79 Å². The van der Waals surface area contributed by atoms with Crippen molar-refractivity contribution < 1.29 is 22.7 Å².